The number of urea groups is 1. The molecule has 7 nitrogen and oxygen atoms in total. The van der Waals surface area contributed by atoms with E-state index in [0.717, 1.165) is 34.5 Å². The summed E-state index contributed by atoms with van der Waals surface area (Å²) in [5.74, 6) is -0.292. The minimum atomic E-state index is -4.73. The maximum absolute atomic E-state index is 12.3. The van der Waals surface area contributed by atoms with Crippen LogP contribution >= 0.6 is 12.1 Å². The minimum absolute atomic E-state index is 0.292. The number of carbonyl (C=O) groups is 1. The average molecular weight is 516 g/mol. The summed E-state index contributed by atoms with van der Waals surface area (Å²) in [6, 6.07) is 18.1. The Balaban J connectivity index is 1.47. The van der Waals surface area contributed by atoms with Gasteiger partial charge in [0.2, 0.25) is 0 Å². The summed E-state index contributed by atoms with van der Waals surface area (Å²) < 4.78 is 47.4. The number of nitrogens with zero attached hydrogens (tertiary/aromatic N) is 2. The van der Waals surface area contributed by atoms with Crippen LogP contribution in [0, 0.1) is 13.8 Å². The number of hydrogen-bond donors (Lipinski definition) is 3. The van der Waals surface area contributed by atoms with Crippen molar-refractivity contribution in [3.63, 3.8) is 0 Å². The van der Waals surface area contributed by atoms with Gasteiger partial charge in [-0.25, -0.2) is 9.19 Å². The molecule has 0 aliphatic carbocycles. The molecule has 0 saturated carbocycles. The van der Waals surface area contributed by atoms with E-state index < -0.39 is 6.36 Å². The molecule has 0 aliphatic heterocycles. The lowest BCUT2D eigenvalue weighted by atomic mass is 10.1. The number of carbonyl (C=O) groups excluding carboxylic acids is 1. The molecule has 0 fully saturated rings. The molecule has 2 amide bonds. The molecule has 3 aromatic carbocycles. The second-order valence-electron chi connectivity index (χ2n) is 7.65. The van der Waals surface area contributed by atoms with E-state index in [4.69, 9.17) is 0 Å². The van der Waals surface area contributed by atoms with Crippen LogP contribution in [0.3, 0.4) is 0 Å². The zero-order valence-electron chi connectivity index (χ0n) is 19.7. The number of nitrogens with one attached hydrogen (secondary N) is 3. The van der Waals surface area contributed by atoms with Gasteiger partial charge in [-0.05, 0) is 79.4 Å². The summed E-state index contributed by atoms with van der Waals surface area (Å²) in [6.45, 7) is 5.58. The number of para-hydroxylation sites is 1. The highest BCUT2D eigenvalue weighted by Gasteiger charge is 2.30. The third-order valence-electron chi connectivity index (χ3n) is 4.88. The first-order valence-corrected chi connectivity index (χ1v) is 11.5. The van der Waals surface area contributed by atoms with E-state index in [1.54, 1.807) is 25.3 Å². The van der Waals surface area contributed by atoms with Gasteiger partial charge in [0, 0.05) is 11.9 Å². The second-order valence-corrected chi connectivity index (χ2v) is 8.25. The number of aryl methyl sites for hydroxylation is 2. The van der Waals surface area contributed by atoms with E-state index in [-0.39, 0.29) is 11.8 Å². The predicted octanol–water partition coefficient (Wildman–Crippen LogP) is 6.84. The molecule has 0 unspecified atom stereocenters. The number of amides is 2. The number of rotatable bonds is 8. The molecule has 3 N–H and O–H groups in total. The third kappa shape index (κ3) is 8.35. The monoisotopic (exact) mass is 515 g/mol. The van der Waals surface area contributed by atoms with Gasteiger partial charge in [-0.2, -0.15) is 5.10 Å². The number of hydrazone groups is 1. The first kappa shape index (κ1) is 26.6. The fraction of sp³-hybridized carbons (Fsp3) is 0.160. The van der Waals surface area contributed by atoms with E-state index in [1.165, 1.54) is 24.3 Å². The number of halogens is 3. The Morgan fingerprint density at radius 3 is 2.22 bits per heavy atom. The van der Waals surface area contributed by atoms with Gasteiger partial charge in [-0.15, -0.1) is 13.2 Å². The lowest BCUT2D eigenvalue weighted by Crippen LogP contribution is -2.23. The van der Waals surface area contributed by atoms with Gasteiger partial charge in [-0.3, -0.25) is 10.1 Å². The summed E-state index contributed by atoms with van der Waals surface area (Å²) in [7, 11) is 0. The Bertz CT molecular complexity index is 1220. The van der Waals surface area contributed by atoms with E-state index in [9.17, 15) is 18.0 Å². The summed E-state index contributed by atoms with van der Waals surface area (Å²) in [4.78, 5) is 12.1. The van der Waals surface area contributed by atoms with Crippen molar-refractivity contribution < 1.29 is 22.7 Å². The van der Waals surface area contributed by atoms with Gasteiger partial charge >= 0.3 is 12.4 Å². The smallest absolute Gasteiger partial charge is 0.406 e. The number of alkyl halides is 3. The lowest BCUT2D eigenvalue weighted by molar-refractivity contribution is -0.274. The molecule has 3 aromatic rings. The van der Waals surface area contributed by atoms with Crippen molar-refractivity contribution in [3.05, 3.63) is 89.0 Å². The Kier molecular flexibility index (Phi) is 8.96. The van der Waals surface area contributed by atoms with Gasteiger partial charge in [0.25, 0.3) is 0 Å². The van der Waals surface area contributed by atoms with Crippen molar-refractivity contribution in [3.8, 4) is 5.75 Å². The molecule has 0 radical (unpaired) electrons. The Labute approximate surface area is 211 Å². The van der Waals surface area contributed by atoms with Crippen molar-refractivity contribution >= 4 is 41.5 Å². The summed E-state index contributed by atoms with van der Waals surface area (Å²) in [6.07, 6.45) is -3.12. The van der Waals surface area contributed by atoms with Crippen LogP contribution in [0.1, 0.15) is 29.2 Å². The van der Waals surface area contributed by atoms with Gasteiger partial charge in [0.15, 0.2) is 0 Å². The van der Waals surface area contributed by atoms with Crippen LogP contribution in [0.2, 0.25) is 0 Å². The molecular weight excluding hydrogens is 491 g/mol. The molecule has 0 spiro atoms. The Morgan fingerprint density at radius 2 is 1.61 bits per heavy atom. The second kappa shape index (κ2) is 12.1. The zero-order valence-corrected chi connectivity index (χ0v) is 20.5. The van der Waals surface area contributed by atoms with Crippen LogP contribution in [0.5, 0.6) is 5.75 Å². The standard InChI is InChI=1S/C25H24F3N5O2S/c1-16-5-4-6-17(2)23(16)30-24(34)33-36-29-15-19-7-11-21(12-8-19)32-31-18(3)20-9-13-22(14-10-20)35-25(26,27)28/h4-15,32H,1-3H3,(H2,30,33,34)/b29-15+,31-18-. The van der Waals surface area contributed by atoms with Crippen molar-refractivity contribution in [2.75, 3.05) is 10.7 Å². The van der Waals surface area contributed by atoms with Crippen LogP contribution in [0.25, 0.3) is 0 Å². The predicted molar refractivity (Wildman–Crippen MR) is 139 cm³/mol. The van der Waals surface area contributed by atoms with Crippen LogP contribution in [-0.2, 0) is 0 Å². The van der Waals surface area contributed by atoms with Crippen molar-refractivity contribution in [1.29, 1.82) is 0 Å². The van der Waals surface area contributed by atoms with Gasteiger partial charge in [-0.1, -0.05) is 30.3 Å². The normalized spacial score (nSPS) is 11.9. The third-order valence-corrected chi connectivity index (χ3v) is 5.37. The van der Waals surface area contributed by atoms with Crippen LogP contribution in [0.15, 0.2) is 76.2 Å². The Morgan fingerprint density at radius 1 is 0.972 bits per heavy atom. The molecule has 0 heterocycles. The van der Waals surface area contributed by atoms with Crippen molar-refractivity contribution in [2.45, 2.75) is 27.1 Å². The number of ether oxygens (including phenoxy) is 1. The molecular formula is C25H24F3N5O2S. The average Bonchev–Trinajstić information content (AvgIpc) is 2.83. The van der Waals surface area contributed by atoms with Crippen LogP contribution in [0.4, 0.5) is 29.3 Å². The summed E-state index contributed by atoms with van der Waals surface area (Å²) in [5, 5.41) is 7.07. The molecule has 0 bridgehead atoms. The number of hydrogen-bond acceptors (Lipinski definition) is 6. The Hall–Kier alpha value is -3.99. The van der Waals surface area contributed by atoms with E-state index in [0.29, 0.717) is 17.0 Å². The molecule has 11 heteroatoms. The quantitative estimate of drug-likeness (QED) is 0.174. The zero-order chi connectivity index (χ0) is 26.1. The highest BCUT2D eigenvalue weighted by molar-refractivity contribution is 7.96. The fourth-order valence-electron chi connectivity index (χ4n) is 3.06. The van der Waals surface area contributed by atoms with E-state index >= 15 is 0 Å². The maximum Gasteiger partial charge on any atom is 0.573 e. The molecule has 36 heavy (non-hydrogen) atoms. The van der Waals surface area contributed by atoms with Crippen molar-refractivity contribution in [1.82, 2.24) is 4.72 Å². The fourth-order valence-corrected chi connectivity index (χ4v) is 3.42. The first-order valence-electron chi connectivity index (χ1n) is 10.7. The van der Waals surface area contributed by atoms with E-state index in [1.807, 2.05) is 44.2 Å². The topological polar surface area (TPSA) is 87.1 Å². The highest BCUT2D eigenvalue weighted by Crippen LogP contribution is 2.23. The van der Waals surface area contributed by atoms with Crippen LogP contribution < -0.4 is 20.2 Å². The van der Waals surface area contributed by atoms with Gasteiger partial charge < -0.3 is 10.1 Å². The van der Waals surface area contributed by atoms with E-state index in [2.05, 4.69) is 29.7 Å². The summed E-state index contributed by atoms with van der Waals surface area (Å²) in [5.41, 5.74) is 8.37. The number of benzene rings is 3. The van der Waals surface area contributed by atoms with Gasteiger partial charge in [0.05, 0.1) is 23.5 Å². The lowest BCUT2D eigenvalue weighted by Gasteiger charge is -2.10. The molecule has 0 saturated heterocycles. The highest BCUT2D eigenvalue weighted by atomic mass is 32.2. The summed E-state index contributed by atoms with van der Waals surface area (Å²) >= 11 is 0.906. The molecule has 0 atom stereocenters. The molecule has 3 rings (SSSR count). The number of anilines is 2. The van der Waals surface area contributed by atoms with Crippen LogP contribution in [-0.4, -0.2) is 24.3 Å². The molecule has 0 aromatic heterocycles. The van der Waals surface area contributed by atoms with Gasteiger partial charge in [0.1, 0.15) is 5.75 Å². The molecule has 0 aliphatic rings. The van der Waals surface area contributed by atoms with Crippen molar-refractivity contribution in [2.24, 2.45) is 9.50 Å². The molecule has 188 valence electrons. The first-order chi connectivity index (χ1) is 17.1. The maximum atomic E-state index is 12.3. The SMILES string of the molecule is C/C(=N/Nc1ccc(/C=N/SNC(=O)Nc2c(C)cccc2C)cc1)c1ccc(OC(F)(F)F)cc1. The minimum Gasteiger partial charge on any atom is -0.406 e. The largest absolute Gasteiger partial charge is 0.573 e.